The molecule has 11 aromatic rings. The highest BCUT2D eigenvalue weighted by molar-refractivity contribution is 7.85. The van der Waals surface area contributed by atoms with E-state index in [-0.39, 0.29) is 0 Å². The summed E-state index contributed by atoms with van der Waals surface area (Å²) >= 11 is 0. The quantitative estimate of drug-likeness (QED) is 0.107. The number of nitrogens with zero attached hydrogens (tertiary/aromatic N) is 4. The summed E-state index contributed by atoms with van der Waals surface area (Å²) < 4.78 is 15.1. The van der Waals surface area contributed by atoms with Crippen LogP contribution in [0.3, 0.4) is 0 Å². The van der Waals surface area contributed by atoms with Gasteiger partial charge < -0.3 is 4.57 Å². The van der Waals surface area contributed by atoms with Crippen molar-refractivity contribution in [2.24, 2.45) is 0 Å². The van der Waals surface area contributed by atoms with Crippen molar-refractivity contribution in [3.63, 3.8) is 0 Å². The van der Waals surface area contributed by atoms with Crippen molar-refractivity contribution < 1.29 is 4.57 Å². The van der Waals surface area contributed by atoms with Crippen LogP contribution in [0.4, 0.5) is 0 Å². The first-order chi connectivity index (χ1) is 31.6. The number of fused-ring (bicyclic) bond motifs is 3. The molecule has 0 fully saturated rings. The summed E-state index contributed by atoms with van der Waals surface area (Å²) in [7, 11) is -3.16. The van der Waals surface area contributed by atoms with Crippen molar-refractivity contribution in [1.82, 2.24) is 19.9 Å². The zero-order valence-electron chi connectivity index (χ0n) is 34.7. The highest BCUT2D eigenvalue weighted by atomic mass is 31.2. The fraction of sp³-hybridized carbons (Fsp3) is 0. The molecule has 9 aromatic carbocycles. The van der Waals surface area contributed by atoms with Crippen LogP contribution in [0.15, 0.2) is 237 Å². The van der Waals surface area contributed by atoms with Crippen LogP contribution in [0, 0.1) is 0 Å². The Kier molecular flexibility index (Phi) is 10.1. The van der Waals surface area contributed by atoms with Gasteiger partial charge in [-0.3, -0.25) is 0 Å². The highest BCUT2D eigenvalue weighted by Gasteiger charge is 2.29. The third-order valence-electron chi connectivity index (χ3n) is 11.8. The smallest absolute Gasteiger partial charge is 0.171 e. The lowest BCUT2D eigenvalue weighted by Crippen LogP contribution is -2.24. The summed E-state index contributed by atoms with van der Waals surface area (Å²) in [5, 5.41) is 5.66. The SMILES string of the molecule is O=P(c1ccccc1)(c1ccccc1)c1ccc(-c2nc(-c3ccccc3)nc(-c3cccc(-c4ccc5nc(-c6ccccc6)c6cccc(-c7ccccc7)c6c5c4)c3)n2)cc1. The van der Waals surface area contributed by atoms with Gasteiger partial charge >= 0.3 is 0 Å². The first kappa shape index (κ1) is 38.8. The predicted molar refractivity (Wildman–Crippen MR) is 265 cm³/mol. The van der Waals surface area contributed by atoms with Gasteiger partial charge in [-0.05, 0) is 40.5 Å². The predicted octanol–water partition coefficient (Wildman–Crippen LogP) is 13.2. The van der Waals surface area contributed by atoms with Gasteiger partial charge in [-0.1, -0.05) is 218 Å². The number of hydrogen-bond acceptors (Lipinski definition) is 5. The molecule has 0 atom stereocenters. The van der Waals surface area contributed by atoms with Crippen LogP contribution < -0.4 is 15.9 Å². The zero-order valence-corrected chi connectivity index (χ0v) is 35.6. The van der Waals surface area contributed by atoms with Crippen molar-refractivity contribution >= 4 is 44.7 Å². The van der Waals surface area contributed by atoms with Crippen LogP contribution in [-0.2, 0) is 4.57 Å². The van der Waals surface area contributed by atoms with E-state index in [0.717, 1.165) is 82.4 Å². The lowest BCUT2D eigenvalue weighted by atomic mass is 9.91. The second-order valence-electron chi connectivity index (χ2n) is 15.7. The third-order valence-corrected chi connectivity index (χ3v) is 14.9. The van der Waals surface area contributed by atoms with Crippen LogP contribution >= 0.6 is 7.14 Å². The molecule has 0 aliphatic rings. The van der Waals surface area contributed by atoms with Gasteiger partial charge in [0, 0.05) is 54.3 Å². The van der Waals surface area contributed by atoms with E-state index in [1.807, 2.05) is 127 Å². The Morgan fingerprint density at radius 2 is 0.734 bits per heavy atom. The second-order valence-corrected chi connectivity index (χ2v) is 18.5. The van der Waals surface area contributed by atoms with E-state index in [1.165, 1.54) is 5.39 Å². The van der Waals surface area contributed by atoms with E-state index < -0.39 is 7.14 Å². The standard InChI is InChI=1S/C58H39N4OP/c63-64(47-26-12-4-13-27-47,48-28-14-5-15-29-48)49-35-32-43(33-36-49)57-60-56(42-22-10-3-11-23-42)61-58(62-57)46-25-16-24-44(38-46)45-34-37-53-52(39-45)54-50(40-18-6-1-7-19-40)30-17-31-51(54)55(59-53)41-20-8-2-9-21-41/h1-39H. The maximum atomic E-state index is 15.1. The average molecular weight is 839 g/mol. The Morgan fingerprint density at radius 1 is 0.297 bits per heavy atom. The Bertz CT molecular complexity index is 3450. The van der Waals surface area contributed by atoms with Gasteiger partial charge in [-0.15, -0.1) is 0 Å². The lowest BCUT2D eigenvalue weighted by molar-refractivity contribution is 0.592. The van der Waals surface area contributed by atoms with Gasteiger partial charge in [0.1, 0.15) is 0 Å². The summed E-state index contributed by atoms with van der Waals surface area (Å²) in [6.45, 7) is 0. The molecule has 0 aliphatic heterocycles. The number of aromatic nitrogens is 4. The molecule has 0 unspecified atom stereocenters. The number of hydrogen-bond donors (Lipinski definition) is 0. The molecule has 64 heavy (non-hydrogen) atoms. The van der Waals surface area contributed by atoms with E-state index in [0.29, 0.717) is 17.5 Å². The Balaban J connectivity index is 1.03. The summed E-state index contributed by atoms with van der Waals surface area (Å²) in [6, 6.07) is 79.8. The van der Waals surface area contributed by atoms with Crippen LogP contribution in [0.1, 0.15) is 0 Å². The topological polar surface area (TPSA) is 68.6 Å². The molecule has 0 radical (unpaired) electrons. The van der Waals surface area contributed by atoms with Crippen molar-refractivity contribution in [2.75, 3.05) is 0 Å². The van der Waals surface area contributed by atoms with Gasteiger partial charge in [0.05, 0.1) is 11.2 Å². The van der Waals surface area contributed by atoms with Gasteiger partial charge in [0.25, 0.3) is 0 Å². The number of pyridine rings is 1. The molecule has 0 saturated heterocycles. The van der Waals surface area contributed by atoms with E-state index in [4.69, 9.17) is 19.9 Å². The van der Waals surface area contributed by atoms with E-state index in [1.54, 1.807) is 0 Å². The van der Waals surface area contributed by atoms with Gasteiger partial charge in [0.15, 0.2) is 24.6 Å². The number of rotatable bonds is 9. The molecule has 302 valence electrons. The minimum absolute atomic E-state index is 0.529. The fourth-order valence-electron chi connectivity index (χ4n) is 8.64. The molecular formula is C58H39N4OP. The Morgan fingerprint density at radius 3 is 1.34 bits per heavy atom. The van der Waals surface area contributed by atoms with Crippen molar-refractivity contribution in [3.8, 4) is 67.7 Å². The highest BCUT2D eigenvalue weighted by Crippen LogP contribution is 2.43. The molecule has 5 nitrogen and oxygen atoms in total. The van der Waals surface area contributed by atoms with E-state index >= 15 is 4.57 Å². The van der Waals surface area contributed by atoms with Crippen molar-refractivity contribution in [1.29, 1.82) is 0 Å². The Labute approximate surface area is 371 Å². The molecular weight excluding hydrogens is 800 g/mol. The second kappa shape index (κ2) is 16.6. The third kappa shape index (κ3) is 7.18. The molecule has 6 heteroatoms. The van der Waals surface area contributed by atoms with Crippen molar-refractivity contribution in [2.45, 2.75) is 0 Å². The fourth-order valence-corrected chi connectivity index (χ4v) is 11.3. The molecule has 0 amide bonds. The molecule has 2 aromatic heterocycles. The summed E-state index contributed by atoms with van der Waals surface area (Å²) in [4.78, 5) is 20.5. The van der Waals surface area contributed by atoms with Crippen LogP contribution in [-0.4, -0.2) is 19.9 Å². The van der Waals surface area contributed by atoms with E-state index in [9.17, 15) is 0 Å². The monoisotopic (exact) mass is 838 g/mol. The maximum Gasteiger partial charge on any atom is 0.171 e. The molecule has 2 heterocycles. The molecule has 0 bridgehead atoms. The van der Waals surface area contributed by atoms with Gasteiger partial charge in [-0.2, -0.15) is 0 Å². The first-order valence-corrected chi connectivity index (χ1v) is 23.0. The van der Waals surface area contributed by atoms with Crippen LogP contribution in [0.2, 0.25) is 0 Å². The van der Waals surface area contributed by atoms with Crippen LogP contribution in [0.5, 0.6) is 0 Å². The van der Waals surface area contributed by atoms with Gasteiger partial charge in [0.2, 0.25) is 0 Å². The zero-order chi connectivity index (χ0) is 42.9. The maximum absolute atomic E-state index is 15.1. The Hall–Kier alpha value is -8.11. The summed E-state index contributed by atoms with van der Waals surface area (Å²) in [6.07, 6.45) is 0. The molecule has 0 spiro atoms. The van der Waals surface area contributed by atoms with Gasteiger partial charge in [-0.25, -0.2) is 19.9 Å². The minimum Gasteiger partial charge on any atom is -0.309 e. The summed E-state index contributed by atoms with van der Waals surface area (Å²) in [5.74, 6) is 1.65. The first-order valence-electron chi connectivity index (χ1n) is 21.3. The largest absolute Gasteiger partial charge is 0.309 e. The van der Waals surface area contributed by atoms with E-state index in [2.05, 4.69) is 109 Å². The van der Waals surface area contributed by atoms with Crippen molar-refractivity contribution in [3.05, 3.63) is 237 Å². The average Bonchev–Trinajstić information content (AvgIpc) is 3.39. The molecule has 11 rings (SSSR count). The van der Waals surface area contributed by atoms with Crippen LogP contribution in [0.25, 0.3) is 89.4 Å². The molecule has 0 N–H and O–H groups in total. The molecule has 0 aliphatic carbocycles. The summed E-state index contributed by atoms with van der Waals surface area (Å²) in [5.41, 5.74) is 9.93. The normalized spacial score (nSPS) is 11.5. The molecule has 0 saturated carbocycles. The minimum atomic E-state index is -3.16. The lowest BCUT2D eigenvalue weighted by Gasteiger charge is -2.20. The number of benzene rings is 9.